The number of carbonyl (C=O) groups excluding carboxylic acids is 1. The van der Waals surface area contributed by atoms with Gasteiger partial charge in [0.15, 0.2) is 0 Å². The van der Waals surface area contributed by atoms with Crippen LogP contribution in [0.3, 0.4) is 0 Å². The van der Waals surface area contributed by atoms with Gasteiger partial charge in [0.05, 0.1) is 30.7 Å². The standard InChI is InChI=1S/C28H32ClNO6/c1-18-25(28(32)33)26(20-7-9-21(29)10-8-20)24(27(31)30(18)17-23-4-3-13-35-23)16-19-5-11-22(12-6-19)36-15-14-34-2/h5-12,23-24,26H,3-4,13-17H2,1-2H3,(H,32,33)/t23-,24?,26+/m0/s1. The third kappa shape index (κ3) is 5.91. The minimum absolute atomic E-state index is 0.0878. The molecular weight excluding hydrogens is 482 g/mol. The molecule has 0 aliphatic carbocycles. The number of aliphatic carboxylic acids is 1. The van der Waals surface area contributed by atoms with E-state index in [1.165, 1.54) is 0 Å². The van der Waals surface area contributed by atoms with Gasteiger partial charge in [0.25, 0.3) is 0 Å². The molecule has 1 amide bonds. The number of carboxylic acid groups (broad SMARTS) is 1. The Morgan fingerprint density at radius 2 is 1.86 bits per heavy atom. The van der Waals surface area contributed by atoms with Crippen molar-refractivity contribution in [2.75, 3.05) is 33.5 Å². The molecule has 1 unspecified atom stereocenters. The molecule has 2 aliphatic heterocycles. The third-order valence-corrected chi connectivity index (χ3v) is 7.15. The zero-order valence-electron chi connectivity index (χ0n) is 20.6. The maximum absolute atomic E-state index is 14.0. The number of carbonyl (C=O) groups is 2. The number of allylic oxidation sites excluding steroid dienone is 1. The fraction of sp³-hybridized carbons (Fsp3) is 0.429. The van der Waals surface area contributed by atoms with Crippen molar-refractivity contribution in [3.8, 4) is 5.75 Å². The van der Waals surface area contributed by atoms with Gasteiger partial charge in [-0.25, -0.2) is 4.79 Å². The van der Waals surface area contributed by atoms with E-state index in [9.17, 15) is 14.7 Å². The largest absolute Gasteiger partial charge is 0.491 e. The number of nitrogens with zero attached hydrogens (tertiary/aromatic N) is 1. The van der Waals surface area contributed by atoms with Gasteiger partial charge in [0.1, 0.15) is 12.4 Å². The van der Waals surface area contributed by atoms with Crippen LogP contribution in [0.15, 0.2) is 59.8 Å². The van der Waals surface area contributed by atoms with E-state index in [1.54, 1.807) is 31.1 Å². The number of rotatable bonds is 10. The first kappa shape index (κ1) is 26.2. The van der Waals surface area contributed by atoms with Crippen molar-refractivity contribution in [3.63, 3.8) is 0 Å². The molecule has 36 heavy (non-hydrogen) atoms. The van der Waals surface area contributed by atoms with Gasteiger partial charge >= 0.3 is 5.97 Å². The zero-order chi connectivity index (χ0) is 25.7. The Morgan fingerprint density at radius 3 is 2.47 bits per heavy atom. The van der Waals surface area contributed by atoms with E-state index in [-0.39, 0.29) is 17.6 Å². The number of methoxy groups -OCH3 is 1. The van der Waals surface area contributed by atoms with Crippen molar-refractivity contribution in [2.24, 2.45) is 5.92 Å². The predicted molar refractivity (Wildman–Crippen MR) is 136 cm³/mol. The lowest BCUT2D eigenvalue weighted by Gasteiger charge is -2.40. The van der Waals surface area contributed by atoms with Crippen LogP contribution in [0.25, 0.3) is 0 Å². The third-order valence-electron chi connectivity index (χ3n) is 6.90. The zero-order valence-corrected chi connectivity index (χ0v) is 21.4. The maximum atomic E-state index is 14.0. The van der Waals surface area contributed by atoms with Crippen molar-refractivity contribution in [2.45, 2.75) is 38.2 Å². The molecule has 1 N–H and O–H groups in total. The van der Waals surface area contributed by atoms with Crippen LogP contribution in [-0.2, 0) is 25.5 Å². The van der Waals surface area contributed by atoms with E-state index in [4.69, 9.17) is 25.8 Å². The van der Waals surface area contributed by atoms with E-state index in [0.717, 1.165) is 24.0 Å². The molecule has 3 atom stereocenters. The molecule has 7 nitrogen and oxygen atoms in total. The molecular formula is C28H32ClNO6. The Bertz CT molecular complexity index is 1090. The summed E-state index contributed by atoms with van der Waals surface area (Å²) in [6.45, 7) is 3.68. The van der Waals surface area contributed by atoms with Crippen LogP contribution in [0.5, 0.6) is 5.75 Å². The van der Waals surface area contributed by atoms with Crippen molar-refractivity contribution in [3.05, 3.63) is 76.0 Å². The molecule has 0 spiro atoms. The average Bonchev–Trinajstić information content (AvgIpc) is 3.38. The highest BCUT2D eigenvalue weighted by Crippen LogP contribution is 2.42. The molecule has 8 heteroatoms. The molecule has 4 rings (SSSR count). The van der Waals surface area contributed by atoms with E-state index in [2.05, 4.69) is 0 Å². The van der Waals surface area contributed by atoms with Gasteiger partial charge in [-0.05, 0) is 61.6 Å². The highest BCUT2D eigenvalue weighted by molar-refractivity contribution is 6.30. The lowest BCUT2D eigenvalue weighted by atomic mass is 9.73. The molecule has 0 radical (unpaired) electrons. The van der Waals surface area contributed by atoms with E-state index < -0.39 is 17.8 Å². The molecule has 1 fully saturated rings. The Kier molecular flexibility index (Phi) is 8.67. The minimum Gasteiger partial charge on any atom is -0.491 e. The van der Waals surface area contributed by atoms with Crippen molar-refractivity contribution < 1.29 is 28.9 Å². The first-order valence-electron chi connectivity index (χ1n) is 12.2. The Morgan fingerprint density at radius 1 is 1.14 bits per heavy atom. The van der Waals surface area contributed by atoms with Crippen LogP contribution in [-0.4, -0.2) is 61.5 Å². The van der Waals surface area contributed by atoms with Gasteiger partial charge < -0.3 is 24.2 Å². The normalized spacial score (nSPS) is 22.2. The number of hydrogen-bond acceptors (Lipinski definition) is 5. The quantitative estimate of drug-likeness (QED) is 0.464. The number of carboxylic acids is 1. The topological polar surface area (TPSA) is 85.3 Å². The van der Waals surface area contributed by atoms with Crippen LogP contribution in [0, 0.1) is 5.92 Å². The lowest BCUT2D eigenvalue weighted by molar-refractivity contribution is -0.139. The van der Waals surface area contributed by atoms with Gasteiger partial charge in [-0.3, -0.25) is 4.79 Å². The summed E-state index contributed by atoms with van der Waals surface area (Å²) in [5.74, 6) is -1.60. The van der Waals surface area contributed by atoms with Crippen LogP contribution < -0.4 is 4.74 Å². The van der Waals surface area contributed by atoms with Crippen molar-refractivity contribution >= 4 is 23.5 Å². The second-order valence-corrected chi connectivity index (χ2v) is 9.65. The summed E-state index contributed by atoms with van der Waals surface area (Å²) >= 11 is 6.11. The van der Waals surface area contributed by atoms with Crippen LogP contribution in [0.1, 0.15) is 36.8 Å². The highest BCUT2D eigenvalue weighted by atomic mass is 35.5. The number of hydrogen-bond donors (Lipinski definition) is 1. The SMILES string of the molecule is COCCOc1ccc(CC2C(=O)N(C[C@@H]3CCCO3)C(C)=C(C(=O)O)[C@@H]2c2ccc(Cl)cc2)cc1. The highest BCUT2D eigenvalue weighted by Gasteiger charge is 2.44. The summed E-state index contributed by atoms with van der Waals surface area (Å²) < 4.78 is 16.5. The average molecular weight is 514 g/mol. The van der Waals surface area contributed by atoms with Gasteiger partial charge in [-0.15, -0.1) is 0 Å². The summed E-state index contributed by atoms with van der Waals surface area (Å²) in [6, 6.07) is 14.7. The van der Waals surface area contributed by atoms with Gasteiger partial charge in [0.2, 0.25) is 5.91 Å². The van der Waals surface area contributed by atoms with Crippen LogP contribution in [0.2, 0.25) is 5.02 Å². The maximum Gasteiger partial charge on any atom is 0.333 e. The second-order valence-electron chi connectivity index (χ2n) is 9.21. The molecule has 2 aromatic rings. The predicted octanol–water partition coefficient (Wildman–Crippen LogP) is 4.69. The first-order valence-corrected chi connectivity index (χ1v) is 12.6. The fourth-order valence-corrected chi connectivity index (χ4v) is 5.21. The number of benzene rings is 2. The Balaban J connectivity index is 1.69. The molecule has 2 heterocycles. The molecule has 1 saturated heterocycles. The van der Waals surface area contributed by atoms with Gasteiger partial charge in [-0.2, -0.15) is 0 Å². The Labute approximate surface area is 216 Å². The summed E-state index contributed by atoms with van der Waals surface area (Å²) in [5.41, 5.74) is 2.39. The monoisotopic (exact) mass is 513 g/mol. The Hall–Kier alpha value is -2.87. The second kappa shape index (κ2) is 11.9. The molecule has 2 aliphatic rings. The molecule has 0 bridgehead atoms. The van der Waals surface area contributed by atoms with E-state index >= 15 is 0 Å². The lowest BCUT2D eigenvalue weighted by Crippen LogP contribution is -2.47. The fourth-order valence-electron chi connectivity index (χ4n) is 5.08. The summed E-state index contributed by atoms with van der Waals surface area (Å²) in [4.78, 5) is 28.2. The van der Waals surface area contributed by atoms with E-state index in [1.807, 2.05) is 36.4 Å². The smallest absolute Gasteiger partial charge is 0.333 e. The van der Waals surface area contributed by atoms with Gasteiger partial charge in [-0.1, -0.05) is 35.9 Å². The summed E-state index contributed by atoms with van der Waals surface area (Å²) in [6.07, 6.45) is 2.10. The molecule has 0 saturated carbocycles. The van der Waals surface area contributed by atoms with Crippen molar-refractivity contribution in [1.29, 1.82) is 0 Å². The number of amides is 1. The molecule has 2 aromatic carbocycles. The first-order chi connectivity index (χ1) is 17.4. The summed E-state index contributed by atoms with van der Waals surface area (Å²) in [7, 11) is 1.62. The van der Waals surface area contributed by atoms with Gasteiger partial charge in [0, 0.05) is 30.4 Å². The molecule has 192 valence electrons. The van der Waals surface area contributed by atoms with Crippen LogP contribution >= 0.6 is 11.6 Å². The summed E-state index contributed by atoms with van der Waals surface area (Å²) in [5, 5.41) is 10.9. The minimum atomic E-state index is -1.02. The molecule has 0 aromatic heterocycles. The van der Waals surface area contributed by atoms with Crippen LogP contribution in [0.4, 0.5) is 0 Å². The number of halogens is 1. The number of ether oxygens (including phenoxy) is 3. The van der Waals surface area contributed by atoms with Crippen molar-refractivity contribution in [1.82, 2.24) is 4.90 Å². The van der Waals surface area contributed by atoms with E-state index in [0.29, 0.717) is 49.3 Å².